The molecule has 3 heterocycles. The van der Waals surface area contributed by atoms with Crippen LogP contribution in [0.15, 0.2) is 20.9 Å². The van der Waals surface area contributed by atoms with Crippen LogP contribution in [0, 0.1) is 6.92 Å². The molecule has 20 heavy (non-hydrogen) atoms. The maximum Gasteiger partial charge on any atom is 0.194 e. The van der Waals surface area contributed by atoms with Gasteiger partial charge in [0.05, 0.1) is 5.69 Å². The van der Waals surface area contributed by atoms with Crippen molar-refractivity contribution < 1.29 is 0 Å². The van der Waals surface area contributed by atoms with Crippen molar-refractivity contribution in [2.45, 2.75) is 42.1 Å². The van der Waals surface area contributed by atoms with Crippen LogP contribution in [0.4, 0.5) is 0 Å². The minimum absolute atomic E-state index is 0.158. The van der Waals surface area contributed by atoms with Gasteiger partial charge in [-0.1, -0.05) is 18.3 Å². The molecule has 0 saturated heterocycles. The van der Waals surface area contributed by atoms with E-state index in [0.29, 0.717) is 0 Å². The van der Waals surface area contributed by atoms with E-state index in [1.54, 1.807) is 34.4 Å². The average molecular weight is 325 g/mol. The summed E-state index contributed by atoms with van der Waals surface area (Å²) >= 11 is 4.81. The van der Waals surface area contributed by atoms with Gasteiger partial charge in [-0.2, -0.15) is 0 Å². The highest BCUT2D eigenvalue weighted by atomic mass is 32.2. The number of imidazole rings is 1. The first-order valence-electron chi connectivity index (χ1n) is 6.35. The van der Waals surface area contributed by atoms with E-state index in [4.69, 9.17) is 10.7 Å². The summed E-state index contributed by atoms with van der Waals surface area (Å²) in [5.74, 6) is 0. The summed E-state index contributed by atoms with van der Waals surface area (Å²) < 4.78 is 3.07. The van der Waals surface area contributed by atoms with Gasteiger partial charge in [0.2, 0.25) is 0 Å². The lowest BCUT2D eigenvalue weighted by Gasteiger charge is -2.08. The Labute approximate surface area is 129 Å². The van der Waals surface area contributed by atoms with E-state index in [1.165, 1.54) is 5.69 Å². The smallest absolute Gasteiger partial charge is 0.194 e. The molecule has 1 unspecified atom stereocenters. The van der Waals surface area contributed by atoms with E-state index in [9.17, 15) is 0 Å². The molecule has 3 aromatic rings. The van der Waals surface area contributed by atoms with Crippen LogP contribution >= 0.6 is 34.4 Å². The summed E-state index contributed by atoms with van der Waals surface area (Å²) in [6.07, 6.45) is 3.84. The van der Waals surface area contributed by atoms with Crippen LogP contribution in [-0.4, -0.2) is 25.6 Å². The van der Waals surface area contributed by atoms with Crippen LogP contribution in [-0.2, 0) is 6.42 Å². The summed E-state index contributed by atoms with van der Waals surface area (Å²) in [4.78, 5) is 5.70. The van der Waals surface area contributed by atoms with Crippen molar-refractivity contribution in [1.29, 1.82) is 0 Å². The lowest BCUT2D eigenvalue weighted by molar-refractivity contribution is 0.627. The third-order valence-corrected chi connectivity index (χ3v) is 5.66. The van der Waals surface area contributed by atoms with Gasteiger partial charge in [0.1, 0.15) is 10.0 Å². The number of hydrogen-bond acceptors (Lipinski definition) is 7. The topological polar surface area (TPSA) is 69.1 Å². The van der Waals surface area contributed by atoms with E-state index >= 15 is 0 Å². The van der Waals surface area contributed by atoms with Gasteiger partial charge in [-0.15, -0.1) is 21.5 Å². The second-order valence-electron chi connectivity index (χ2n) is 4.48. The molecule has 8 heteroatoms. The van der Waals surface area contributed by atoms with Crippen molar-refractivity contribution in [3.63, 3.8) is 0 Å². The monoisotopic (exact) mass is 325 g/mol. The Morgan fingerprint density at radius 3 is 3.00 bits per heavy atom. The molecule has 0 aliphatic rings. The second-order valence-corrected chi connectivity index (χ2v) is 7.77. The summed E-state index contributed by atoms with van der Waals surface area (Å²) in [6.45, 7) is 4.07. The van der Waals surface area contributed by atoms with Crippen molar-refractivity contribution in [1.82, 2.24) is 19.6 Å². The van der Waals surface area contributed by atoms with Gasteiger partial charge >= 0.3 is 0 Å². The van der Waals surface area contributed by atoms with Gasteiger partial charge in [0.15, 0.2) is 9.30 Å². The predicted octanol–water partition coefficient (Wildman–Crippen LogP) is 2.99. The lowest BCUT2D eigenvalue weighted by Crippen LogP contribution is -2.22. The largest absolute Gasteiger partial charge is 0.327 e. The molecule has 2 N–H and O–H groups in total. The quantitative estimate of drug-likeness (QED) is 0.781. The van der Waals surface area contributed by atoms with Crippen molar-refractivity contribution >= 4 is 39.4 Å². The van der Waals surface area contributed by atoms with Crippen LogP contribution in [0.1, 0.15) is 24.0 Å². The predicted molar refractivity (Wildman–Crippen MR) is 83.8 cm³/mol. The number of fused-ring (bicyclic) bond motifs is 1. The van der Waals surface area contributed by atoms with Gasteiger partial charge in [0, 0.05) is 24.0 Å². The molecule has 0 fully saturated rings. The second kappa shape index (κ2) is 5.80. The first-order chi connectivity index (χ1) is 9.67. The minimum Gasteiger partial charge on any atom is -0.327 e. The molecule has 0 spiro atoms. The van der Waals surface area contributed by atoms with Gasteiger partial charge in [-0.05, 0) is 25.1 Å². The molecule has 1 atom stereocenters. The van der Waals surface area contributed by atoms with Crippen molar-refractivity contribution in [2.24, 2.45) is 5.73 Å². The Morgan fingerprint density at radius 2 is 2.30 bits per heavy atom. The Kier molecular flexibility index (Phi) is 4.06. The standard InChI is InChI=1S/C12H15N5S3/c1-3-8(13)6-9-10(14-11-17(9)4-5-18-11)20-12-16-15-7(2)19-12/h4-5,8H,3,6,13H2,1-2H3. The number of nitrogens with zero attached hydrogens (tertiary/aromatic N) is 4. The fourth-order valence-electron chi connectivity index (χ4n) is 1.88. The zero-order valence-corrected chi connectivity index (χ0v) is 13.7. The molecule has 0 aliphatic carbocycles. The molecule has 106 valence electrons. The highest BCUT2D eigenvalue weighted by Gasteiger charge is 2.18. The molecule has 0 bridgehead atoms. The van der Waals surface area contributed by atoms with Gasteiger partial charge in [-0.3, -0.25) is 4.40 Å². The molecule has 3 aromatic heterocycles. The van der Waals surface area contributed by atoms with Crippen molar-refractivity contribution in [3.8, 4) is 0 Å². The highest BCUT2D eigenvalue weighted by Crippen LogP contribution is 2.33. The Balaban J connectivity index is 1.96. The SMILES string of the molecule is CCC(N)Cc1c(Sc2nnc(C)s2)nc2sccn12. The van der Waals surface area contributed by atoms with E-state index < -0.39 is 0 Å². The highest BCUT2D eigenvalue weighted by molar-refractivity contribution is 8.01. The first kappa shape index (κ1) is 14.0. The first-order valence-corrected chi connectivity index (χ1v) is 8.86. The number of nitrogens with two attached hydrogens (primary N) is 1. The van der Waals surface area contributed by atoms with E-state index in [0.717, 1.165) is 32.2 Å². The average Bonchev–Trinajstić information content (AvgIpc) is 3.09. The van der Waals surface area contributed by atoms with E-state index in [2.05, 4.69) is 27.7 Å². The Bertz CT molecular complexity index is 714. The lowest BCUT2D eigenvalue weighted by atomic mass is 10.1. The van der Waals surface area contributed by atoms with Crippen LogP contribution < -0.4 is 5.73 Å². The van der Waals surface area contributed by atoms with Crippen LogP contribution in [0.3, 0.4) is 0 Å². The molecule has 5 nitrogen and oxygen atoms in total. The van der Waals surface area contributed by atoms with Gasteiger partial charge in [-0.25, -0.2) is 4.98 Å². The molecule has 0 saturated carbocycles. The van der Waals surface area contributed by atoms with E-state index in [1.807, 2.05) is 12.3 Å². The Morgan fingerprint density at radius 1 is 1.45 bits per heavy atom. The fourth-order valence-corrected chi connectivity index (χ4v) is 4.53. The zero-order valence-electron chi connectivity index (χ0n) is 11.2. The minimum atomic E-state index is 0.158. The van der Waals surface area contributed by atoms with Crippen LogP contribution in [0.5, 0.6) is 0 Å². The third-order valence-electron chi connectivity index (χ3n) is 3.00. The number of aryl methyl sites for hydroxylation is 1. The summed E-state index contributed by atoms with van der Waals surface area (Å²) in [7, 11) is 0. The summed E-state index contributed by atoms with van der Waals surface area (Å²) in [5, 5.41) is 12.2. The number of rotatable bonds is 5. The van der Waals surface area contributed by atoms with Crippen molar-refractivity contribution in [3.05, 3.63) is 22.3 Å². The summed E-state index contributed by atoms with van der Waals surface area (Å²) in [5.41, 5.74) is 7.29. The van der Waals surface area contributed by atoms with Crippen LogP contribution in [0.25, 0.3) is 4.96 Å². The maximum atomic E-state index is 6.12. The van der Waals surface area contributed by atoms with E-state index in [-0.39, 0.29) is 6.04 Å². The molecule has 0 amide bonds. The molecular formula is C12H15N5S3. The van der Waals surface area contributed by atoms with Gasteiger partial charge in [0.25, 0.3) is 0 Å². The Hall–Kier alpha value is -0.960. The third kappa shape index (κ3) is 2.73. The van der Waals surface area contributed by atoms with Gasteiger partial charge < -0.3 is 5.73 Å². The number of hydrogen-bond donors (Lipinski definition) is 1. The molecule has 0 radical (unpaired) electrons. The maximum absolute atomic E-state index is 6.12. The fraction of sp³-hybridized carbons (Fsp3) is 0.417. The summed E-state index contributed by atoms with van der Waals surface area (Å²) in [6, 6.07) is 0.158. The molecular weight excluding hydrogens is 310 g/mol. The molecule has 0 aliphatic heterocycles. The number of thiazole rings is 1. The number of aromatic nitrogens is 4. The molecule has 0 aromatic carbocycles. The van der Waals surface area contributed by atoms with Crippen LogP contribution in [0.2, 0.25) is 0 Å². The normalized spacial score (nSPS) is 13.2. The molecule has 3 rings (SSSR count). The zero-order chi connectivity index (χ0) is 14.1. The van der Waals surface area contributed by atoms with Crippen molar-refractivity contribution in [2.75, 3.05) is 0 Å².